The number of ether oxygens (including phenoxy) is 2. The van der Waals surface area contributed by atoms with E-state index < -0.39 is 12.5 Å². The Morgan fingerprint density at radius 1 is 1.30 bits per heavy atom. The number of alkyl halides is 2. The number of carbonyl (C=O) groups is 1. The lowest BCUT2D eigenvalue weighted by atomic mass is 10.2. The predicted octanol–water partition coefficient (Wildman–Crippen LogP) is 2.46. The van der Waals surface area contributed by atoms with Crippen LogP contribution in [0.4, 0.5) is 8.78 Å². The standard InChI is InChI=1S/C15H13F2N3O3/c1-22-13-8-10(5-6-12(13)23-15(16)17)9-19-20-14(21)11-4-2-3-7-18-11/h2-9,15H,1H3,(H,20,21)/b19-9-. The third-order valence-corrected chi connectivity index (χ3v) is 2.68. The van der Waals surface area contributed by atoms with Gasteiger partial charge >= 0.3 is 6.61 Å². The molecule has 0 spiro atoms. The maximum Gasteiger partial charge on any atom is 0.387 e. The summed E-state index contributed by atoms with van der Waals surface area (Å²) in [6, 6.07) is 9.19. The van der Waals surface area contributed by atoms with Gasteiger partial charge in [-0.05, 0) is 35.9 Å². The number of hydrogen-bond acceptors (Lipinski definition) is 5. The molecule has 120 valence electrons. The molecule has 1 aromatic heterocycles. The van der Waals surface area contributed by atoms with E-state index in [0.29, 0.717) is 5.56 Å². The number of pyridine rings is 1. The normalized spacial score (nSPS) is 10.8. The first-order valence-corrected chi connectivity index (χ1v) is 6.47. The Bertz CT molecular complexity index is 694. The Morgan fingerprint density at radius 3 is 2.78 bits per heavy atom. The molecule has 0 aliphatic rings. The quantitative estimate of drug-likeness (QED) is 0.655. The zero-order chi connectivity index (χ0) is 16.7. The van der Waals surface area contributed by atoms with Gasteiger partial charge in [0.2, 0.25) is 0 Å². The molecule has 0 aliphatic heterocycles. The van der Waals surface area contributed by atoms with E-state index in [2.05, 4.69) is 20.2 Å². The molecule has 23 heavy (non-hydrogen) atoms. The van der Waals surface area contributed by atoms with E-state index in [0.717, 1.165) is 0 Å². The van der Waals surface area contributed by atoms with Crippen LogP contribution in [0.3, 0.4) is 0 Å². The summed E-state index contributed by atoms with van der Waals surface area (Å²) in [5.41, 5.74) is 3.06. The third-order valence-electron chi connectivity index (χ3n) is 2.68. The molecule has 0 atom stereocenters. The molecule has 1 aromatic carbocycles. The van der Waals surface area contributed by atoms with Gasteiger partial charge in [0.05, 0.1) is 13.3 Å². The molecule has 0 fully saturated rings. The zero-order valence-electron chi connectivity index (χ0n) is 12.1. The topological polar surface area (TPSA) is 72.8 Å². The molecule has 6 nitrogen and oxygen atoms in total. The molecule has 0 saturated carbocycles. The number of nitrogens with zero attached hydrogens (tertiary/aromatic N) is 2. The van der Waals surface area contributed by atoms with Crippen LogP contribution in [0.15, 0.2) is 47.7 Å². The average molecular weight is 321 g/mol. The first-order valence-electron chi connectivity index (χ1n) is 6.47. The van der Waals surface area contributed by atoms with Crippen molar-refractivity contribution in [1.29, 1.82) is 0 Å². The lowest BCUT2D eigenvalue weighted by Gasteiger charge is -2.09. The first-order chi connectivity index (χ1) is 11.1. The predicted molar refractivity (Wildman–Crippen MR) is 78.9 cm³/mol. The van der Waals surface area contributed by atoms with Crippen LogP contribution in [0.5, 0.6) is 11.5 Å². The lowest BCUT2D eigenvalue weighted by molar-refractivity contribution is -0.0512. The largest absolute Gasteiger partial charge is 0.493 e. The van der Waals surface area contributed by atoms with E-state index in [9.17, 15) is 13.6 Å². The highest BCUT2D eigenvalue weighted by molar-refractivity contribution is 5.93. The second-order valence-electron chi connectivity index (χ2n) is 4.20. The monoisotopic (exact) mass is 321 g/mol. The van der Waals surface area contributed by atoms with Gasteiger partial charge in [-0.1, -0.05) is 6.07 Å². The van der Waals surface area contributed by atoms with E-state index in [-0.39, 0.29) is 17.2 Å². The van der Waals surface area contributed by atoms with Crippen molar-refractivity contribution in [2.45, 2.75) is 6.61 Å². The van der Waals surface area contributed by atoms with E-state index in [1.807, 2.05) is 0 Å². The van der Waals surface area contributed by atoms with Crippen molar-refractivity contribution in [1.82, 2.24) is 10.4 Å². The smallest absolute Gasteiger partial charge is 0.387 e. The van der Waals surface area contributed by atoms with Gasteiger partial charge < -0.3 is 9.47 Å². The van der Waals surface area contributed by atoms with Crippen molar-refractivity contribution in [3.63, 3.8) is 0 Å². The van der Waals surface area contributed by atoms with Crippen LogP contribution in [0, 0.1) is 0 Å². The molecule has 1 amide bonds. The van der Waals surface area contributed by atoms with E-state index >= 15 is 0 Å². The number of rotatable bonds is 6. The Hall–Kier alpha value is -3.03. The first kappa shape index (κ1) is 16.3. The number of carbonyl (C=O) groups excluding carboxylic acids is 1. The third kappa shape index (κ3) is 4.73. The van der Waals surface area contributed by atoms with Gasteiger partial charge in [-0.15, -0.1) is 0 Å². The summed E-state index contributed by atoms with van der Waals surface area (Å²) < 4.78 is 33.7. The Kier molecular flexibility index (Phi) is 5.56. The fourth-order valence-electron chi connectivity index (χ4n) is 1.68. The SMILES string of the molecule is COc1cc(/C=N\NC(=O)c2ccccn2)ccc1OC(F)F. The minimum atomic E-state index is -2.94. The number of benzene rings is 1. The molecule has 1 heterocycles. The van der Waals surface area contributed by atoms with Crippen LogP contribution in [0.2, 0.25) is 0 Å². The summed E-state index contributed by atoms with van der Waals surface area (Å²) in [4.78, 5) is 15.6. The highest BCUT2D eigenvalue weighted by Crippen LogP contribution is 2.28. The van der Waals surface area contributed by atoms with E-state index in [1.165, 1.54) is 37.7 Å². The van der Waals surface area contributed by atoms with Crippen molar-refractivity contribution in [3.05, 3.63) is 53.9 Å². The molecule has 0 saturated heterocycles. The summed E-state index contributed by atoms with van der Waals surface area (Å²) in [7, 11) is 1.33. The summed E-state index contributed by atoms with van der Waals surface area (Å²) >= 11 is 0. The number of hydrazone groups is 1. The number of nitrogens with one attached hydrogen (secondary N) is 1. The van der Waals surface area contributed by atoms with Crippen molar-refractivity contribution >= 4 is 12.1 Å². The highest BCUT2D eigenvalue weighted by atomic mass is 19.3. The van der Waals surface area contributed by atoms with Gasteiger partial charge in [0.25, 0.3) is 5.91 Å². The molecule has 2 rings (SSSR count). The fraction of sp³-hybridized carbons (Fsp3) is 0.133. The summed E-state index contributed by atoms with van der Waals surface area (Å²) in [6.45, 7) is -2.94. The fourth-order valence-corrected chi connectivity index (χ4v) is 1.68. The molecular weight excluding hydrogens is 308 g/mol. The number of hydrogen-bond donors (Lipinski definition) is 1. The number of halogens is 2. The Balaban J connectivity index is 2.03. The van der Waals surface area contributed by atoms with Crippen molar-refractivity contribution in [3.8, 4) is 11.5 Å². The minimum Gasteiger partial charge on any atom is -0.493 e. The molecule has 1 N–H and O–H groups in total. The maximum absolute atomic E-state index is 12.2. The van der Waals surface area contributed by atoms with Crippen LogP contribution in [0.25, 0.3) is 0 Å². The van der Waals surface area contributed by atoms with Gasteiger partial charge in [0.15, 0.2) is 11.5 Å². The van der Waals surface area contributed by atoms with Crippen LogP contribution < -0.4 is 14.9 Å². The van der Waals surface area contributed by atoms with Gasteiger partial charge in [-0.2, -0.15) is 13.9 Å². The number of methoxy groups -OCH3 is 1. The van der Waals surface area contributed by atoms with Crippen LogP contribution in [-0.4, -0.2) is 30.8 Å². The van der Waals surface area contributed by atoms with Crippen molar-refractivity contribution in [2.75, 3.05) is 7.11 Å². The van der Waals surface area contributed by atoms with Gasteiger partial charge in [0, 0.05) is 6.20 Å². The molecular formula is C15H13F2N3O3. The van der Waals surface area contributed by atoms with Crippen molar-refractivity contribution in [2.24, 2.45) is 5.10 Å². The molecule has 2 aromatic rings. The minimum absolute atomic E-state index is 0.0860. The van der Waals surface area contributed by atoms with E-state index in [1.54, 1.807) is 18.2 Å². The molecule has 0 aliphatic carbocycles. The molecule has 0 bridgehead atoms. The number of aromatic nitrogens is 1. The van der Waals surface area contributed by atoms with Gasteiger partial charge in [-0.25, -0.2) is 5.43 Å². The Labute approximate surface area is 130 Å². The van der Waals surface area contributed by atoms with E-state index in [4.69, 9.17) is 4.74 Å². The summed E-state index contributed by atoms with van der Waals surface area (Å²) in [5, 5.41) is 3.77. The molecule has 0 radical (unpaired) electrons. The summed E-state index contributed by atoms with van der Waals surface area (Å²) in [6.07, 6.45) is 2.83. The molecule has 0 unspecified atom stereocenters. The van der Waals surface area contributed by atoms with Gasteiger partial charge in [0.1, 0.15) is 5.69 Å². The van der Waals surface area contributed by atoms with Gasteiger partial charge in [-0.3, -0.25) is 9.78 Å². The van der Waals surface area contributed by atoms with Crippen molar-refractivity contribution < 1.29 is 23.0 Å². The second kappa shape index (κ2) is 7.83. The maximum atomic E-state index is 12.2. The number of amides is 1. The summed E-state index contributed by atoms with van der Waals surface area (Å²) in [5.74, 6) is -0.422. The Morgan fingerprint density at radius 2 is 2.13 bits per heavy atom. The van der Waals surface area contributed by atoms with Crippen LogP contribution >= 0.6 is 0 Å². The molecule has 8 heteroatoms. The lowest BCUT2D eigenvalue weighted by Crippen LogP contribution is -2.18. The average Bonchev–Trinajstić information content (AvgIpc) is 2.56. The van der Waals surface area contributed by atoms with Crippen LogP contribution in [-0.2, 0) is 0 Å². The second-order valence-corrected chi connectivity index (χ2v) is 4.20. The van der Waals surface area contributed by atoms with Crippen LogP contribution in [0.1, 0.15) is 16.1 Å². The highest BCUT2D eigenvalue weighted by Gasteiger charge is 2.10. The zero-order valence-corrected chi connectivity index (χ0v) is 12.1.